The number of aliphatic hydroxyl groups excluding tert-OH is 2. The molecule has 15 heavy (non-hydrogen) atoms. The van der Waals surface area contributed by atoms with E-state index in [0.29, 0.717) is 6.42 Å². The topological polar surface area (TPSA) is 79.3 Å². The van der Waals surface area contributed by atoms with E-state index in [1.54, 1.807) is 6.92 Å². The van der Waals surface area contributed by atoms with Crippen LogP contribution in [0.25, 0.3) is 0 Å². The van der Waals surface area contributed by atoms with Crippen molar-refractivity contribution in [2.45, 2.75) is 37.8 Å². The summed E-state index contributed by atoms with van der Waals surface area (Å²) in [7, 11) is 0. The van der Waals surface area contributed by atoms with Crippen molar-refractivity contribution in [1.82, 2.24) is 0 Å². The highest BCUT2D eigenvalue weighted by Gasteiger charge is 2.55. The van der Waals surface area contributed by atoms with Crippen LogP contribution < -0.4 is 0 Å². The zero-order valence-electron chi connectivity index (χ0n) is 8.21. The second kappa shape index (κ2) is 2.74. The van der Waals surface area contributed by atoms with Gasteiger partial charge in [-0.15, -0.1) is 0 Å². The normalized spacial score (nSPS) is 48.1. The number of cyclic esters (lactones) is 1. The van der Waals surface area contributed by atoms with Crippen molar-refractivity contribution in [3.63, 3.8) is 0 Å². The Morgan fingerprint density at radius 2 is 2.20 bits per heavy atom. The average molecular weight is 212 g/mol. The van der Waals surface area contributed by atoms with Gasteiger partial charge in [0.15, 0.2) is 0 Å². The lowest BCUT2D eigenvalue weighted by Crippen LogP contribution is -2.46. The lowest BCUT2D eigenvalue weighted by atomic mass is 9.79. The molecule has 0 aromatic heterocycles. The standard InChI is InChI=1S/C10H12O5/c1-3-7(11)4-2-5-9(15-5)8(12)6(4)10(13)14-3/h3-5,7,9,11-12H,2H2,1H3/t3-,4-,5-,7+,9-/m1/s1. The Bertz CT molecular complexity index is 361. The Morgan fingerprint density at radius 3 is 2.93 bits per heavy atom. The van der Waals surface area contributed by atoms with Gasteiger partial charge in [0.25, 0.3) is 0 Å². The van der Waals surface area contributed by atoms with Gasteiger partial charge in [-0.1, -0.05) is 0 Å². The van der Waals surface area contributed by atoms with Crippen LogP contribution in [0.4, 0.5) is 0 Å². The van der Waals surface area contributed by atoms with Gasteiger partial charge in [-0.2, -0.15) is 0 Å². The van der Waals surface area contributed by atoms with Crippen molar-refractivity contribution >= 4 is 5.97 Å². The van der Waals surface area contributed by atoms with Crippen LogP contribution in [0, 0.1) is 5.92 Å². The Kier molecular flexibility index (Phi) is 1.67. The fourth-order valence-electron chi connectivity index (χ4n) is 2.47. The van der Waals surface area contributed by atoms with E-state index in [1.165, 1.54) is 0 Å². The van der Waals surface area contributed by atoms with Crippen molar-refractivity contribution in [2.24, 2.45) is 5.92 Å². The smallest absolute Gasteiger partial charge is 0.338 e. The second-order valence-electron chi connectivity index (χ2n) is 4.34. The molecule has 0 saturated carbocycles. The van der Waals surface area contributed by atoms with E-state index in [-0.39, 0.29) is 29.5 Å². The molecule has 2 fully saturated rings. The molecule has 0 amide bonds. The third kappa shape index (κ3) is 1.13. The molecule has 3 aliphatic rings. The zero-order chi connectivity index (χ0) is 10.7. The maximum absolute atomic E-state index is 11.6. The van der Waals surface area contributed by atoms with E-state index in [0.717, 1.165) is 0 Å². The molecule has 0 aromatic rings. The molecule has 0 unspecified atom stereocenters. The number of rotatable bonds is 0. The monoisotopic (exact) mass is 212 g/mol. The summed E-state index contributed by atoms with van der Waals surface area (Å²) >= 11 is 0. The van der Waals surface area contributed by atoms with Crippen molar-refractivity contribution in [3.8, 4) is 0 Å². The molecule has 5 nitrogen and oxygen atoms in total. The summed E-state index contributed by atoms with van der Waals surface area (Å²) in [5.41, 5.74) is 0.208. The van der Waals surface area contributed by atoms with Crippen molar-refractivity contribution in [1.29, 1.82) is 0 Å². The SMILES string of the molecule is C[C@H]1OC(=O)C2=C(O)[C@@H]3O[C@@H]3C[C@H]2[C@H]1O. The molecule has 3 rings (SSSR count). The van der Waals surface area contributed by atoms with E-state index < -0.39 is 18.2 Å². The van der Waals surface area contributed by atoms with Crippen LogP contribution >= 0.6 is 0 Å². The first kappa shape index (κ1) is 9.18. The molecular weight excluding hydrogens is 200 g/mol. The van der Waals surface area contributed by atoms with Gasteiger partial charge in [-0.25, -0.2) is 4.79 Å². The minimum Gasteiger partial charge on any atom is -0.509 e. The number of aliphatic hydroxyl groups is 2. The van der Waals surface area contributed by atoms with Gasteiger partial charge in [0.2, 0.25) is 0 Å². The zero-order valence-corrected chi connectivity index (χ0v) is 8.21. The summed E-state index contributed by atoms with van der Waals surface area (Å²) in [5, 5.41) is 19.6. The van der Waals surface area contributed by atoms with E-state index in [4.69, 9.17) is 9.47 Å². The van der Waals surface area contributed by atoms with Crippen LogP contribution in [0.15, 0.2) is 11.3 Å². The van der Waals surface area contributed by atoms with Crippen LogP contribution in [0.5, 0.6) is 0 Å². The lowest BCUT2D eigenvalue weighted by molar-refractivity contribution is -0.160. The molecule has 0 bridgehead atoms. The summed E-state index contributed by atoms with van der Waals surface area (Å²) in [4.78, 5) is 11.6. The molecule has 82 valence electrons. The molecule has 2 N–H and O–H groups in total. The number of epoxide rings is 1. The highest BCUT2D eigenvalue weighted by molar-refractivity contribution is 5.91. The summed E-state index contributed by atoms with van der Waals surface area (Å²) in [6.07, 6.45) is -1.06. The molecule has 5 atom stereocenters. The van der Waals surface area contributed by atoms with Gasteiger partial charge in [0.05, 0.1) is 17.8 Å². The molecule has 0 aromatic carbocycles. The molecular formula is C10H12O5. The molecule has 2 heterocycles. The van der Waals surface area contributed by atoms with Crippen LogP contribution in [0.3, 0.4) is 0 Å². The Morgan fingerprint density at radius 1 is 1.47 bits per heavy atom. The summed E-state index contributed by atoms with van der Waals surface area (Å²) in [6.45, 7) is 1.65. The van der Waals surface area contributed by atoms with Crippen LogP contribution in [-0.2, 0) is 14.3 Å². The molecule has 0 radical (unpaired) electrons. The second-order valence-corrected chi connectivity index (χ2v) is 4.34. The summed E-state index contributed by atoms with van der Waals surface area (Å²) < 4.78 is 10.1. The number of hydrogen-bond donors (Lipinski definition) is 2. The van der Waals surface area contributed by atoms with Crippen LogP contribution in [0.1, 0.15) is 13.3 Å². The minimum atomic E-state index is -0.745. The number of carbonyl (C=O) groups is 1. The number of esters is 1. The van der Waals surface area contributed by atoms with E-state index in [9.17, 15) is 15.0 Å². The molecule has 0 spiro atoms. The van der Waals surface area contributed by atoms with E-state index >= 15 is 0 Å². The van der Waals surface area contributed by atoms with Crippen molar-refractivity contribution < 1.29 is 24.5 Å². The predicted molar refractivity (Wildman–Crippen MR) is 48.0 cm³/mol. The molecule has 2 aliphatic heterocycles. The molecule has 5 heteroatoms. The number of ether oxygens (including phenoxy) is 2. The Labute approximate surface area is 86.3 Å². The number of hydrogen-bond acceptors (Lipinski definition) is 5. The summed E-state index contributed by atoms with van der Waals surface area (Å²) in [6, 6.07) is 0. The highest BCUT2D eigenvalue weighted by atomic mass is 16.6. The number of fused-ring (bicyclic) bond motifs is 2. The van der Waals surface area contributed by atoms with Gasteiger partial charge in [-0.05, 0) is 13.3 Å². The Hall–Kier alpha value is -1.07. The van der Waals surface area contributed by atoms with Gasteiger partial charge in [-0.3, -0.25) is 0 Å². The fourth-order valence-corrected chi connectivity index (χ4v) is 2.47. The average Bonchev–Trinajstić information content (AvgIpc) is 2.93. The van der Waals surface area contributed by atoms with E-state index in [2.05, 4.69) is 0 Å². The lowest BCUT2D eigenvalue weighted by Gasteiger charge is -2.35. The van der Waals surface area contributed by atoms with Gasteiger partial charge in [0.1, 0.15) is 18.0 Å². The first-order valence-corrected chi connectivity index (χ1v) is 5.07. The first-order chi connectivity index (χ1) is 7.09. The molecule has 2 saturated heterocycles. The van der Waals surface area contributed by atoms with Gasteiger partial charge in [0, 0.05) is 5.92 Å². The number of carbonyl (C=O) groups excluding carboxylic acids is 1. The third-order valence-corrected chi connectivity index (χ3v) is 3.39. The van der Waals surface area contributed by atoms with Crippen molar-refractivity contribution in [2.75, 3.05) is 0 Å². The highest BCUT2D eigenvalue weighted by Crippen LogP contribution is 2.46. The molecule has 1 aliphatic carbocycles. The van der Waals surface area contributed by atoms with E-state index in [1.807, 2.05) is 0 Å². The predicted octanol–water partition coefficient (Wildman–Crippen LogP) is -0.108. The maximum Gasteiger partial charge on any atom is 0.338 e. The van der Waals surface area contributed by atoms with Crippen LogP contribution in [0.2, 0.25) is 0 Å². The van der Waals surface area contributed by atoms with Crippen LogP contribution in [-0.4, -0.2) is 40.6 Å². The maximum atomic E-state index is 11.6. The fraction of sp³-hybridized carbons (Fsp3) is 0.700. The first-order valence-electron chi connectivity index (χ1n) is 5.07. The largest absolute Gasteiger partial charge is 0.509 e. The van der Waals surface area contributed by atoms with Crippen molar-refractivity contribution in [3.05, 3.63) is 11.3 Å². The van der Waals surface area contributed by atoms with Gasteiger partial charge < -0.3 is 19.7 Å². The Balaban J connectivity index is 2.03. The minimum absolute atomic E-state index is 0.0356. The quantitative estimate of drug-likeness (QED) is 0.432. The third-order valence-electron chi connectivity index (χ3n) is 3.39. The van der Waals surface area contributed by atoms with Gasteiger partial charge >= 0.3 is 5.97 Å². The summed E-state index contributed by atoms with van der Waals surface area (Å²) in [5.74, 6) is -0.915.